The molecule has 10 heteroatoms. The number of carbonyl (C=O) groups excluding carboxylic acids is 2. The molecule has 39 heavy (non-hydrogen) atoms. The van der Waals surface area contributed by atoms with E-state index >= 15 is 0 Å². The van der Waals surface area contributed by atoms with Gasteiger partial charge in [0.1, 0.15) is 31.1 Å². The Hall–Kier alpha value is -4.57. The molecule has 0 spiro atoms. The Labute approximate surface area is 228 Å². The van der Waals surface area contributed by atoms with Crippen LogP contribution in [0, 0.1) is 0 Å². The molecule has 1 aliphatic rings. The number of hydrogen-bond donors (Lipinski definition) is 3. The Kier molecular flexibility index (Phi) is 7.64. The van der Waals surface area contributed by atoms with Crippen LogP contribution < -0.4 is 16.0 Å². The maximum absolute atomic E-state index is 13.1. The molecule has 198 valence electrons. The minimum absolute atomic E-state index is 0.121. The first-order chi connectivity index (χ1) is 19.1. The Morgan fingerprint density at radius 3 is 2.00 bits per heavy atom. The molecule has 2 atom stereocenters. The van der Waals surface area contributed by atoms with Crippen LogP contribution >= 0.6 is 11.3 Å². The molecule has 3 N–H and O–H groups in total. The van der Waals surface area contributed by atoms with Crippen LogP contribution in [0.1, 0.15) is 22.4 Å². The zero-order valence-electron chi connectivity index (χ0n) is 21.0. The van der Waals surface area contributed by atoms with Gasteiger partial charge in [-0.05, 0) is 16.7 Å². The van der Waals surface area contributed by atoms with Gasteiger partial charge in [-0.2, -0.15) is 0 Å². The van der Waals surface area contributed by atoms with Crippen molar-refractivity contribution in [3.05, 3.63) is 119 Å². The molecule has 0 radical (unpaired) electrons. The number of oxime groups is 1. The zero-order valence-corrected chi connectivity index (χ0v) is 21.8. The summed E-state index contributed by atoms with van der Waals surface area (Å²) in [5, 5.41) is 14.7. The van der Waals surface area contributed by atoms with Crippen molar-refractivity contribution >= 4 is 34.0 Å². The second-order valence-electron chi connectivity index (χ2n) is 8.85. The maximum Gasteiger partial charge on any atom is 0.276 e. The number of β-lactam (4-membered cyclic amide) rings is 1. The first-order valence-corrected chi connectivity index (χ1v) is 13.1. The molecule has 2 amide bonds. The zero-order chi connectivity index (χ0) is 27.2. The van der Waals surface area contributed by atoms with Crippen LogP contribution in [0.15, 0.2) is 102 Å². The summed E-state index contributed by atoms with van der Waals surface area (Å²) in [5.74, 6) is -1.14. The highest BCUT2D eigenvalue weighted by atomic mass is 32.1. The number of halogens is 1. The second-order valence-corrected chi connectivity index (χ2v) is 9.71. The number of nitrogens with zero attached hydrogens (tertiary/aromatic N) is 2. The molecule has 1 fully saturated rings. The van der Waals surface area contributed by atoms with E-state index in [0.29, 0.717) is 5.13 Å². The summed E-state index contributed by atoms with van der Waals surface area (Å²) in [4.78, 5) is 34.4. The van der Waals surface area contributed by atoms with Gasteiger partial charge in [0.15, 0.2) is 10.8 Å². The van der Waals surface area contributed by atoms with E-state index in [0.717, 1.165) is 16.7 Å². The van der Waals surface area contributed by atoms with Crippen LogP contribution in [-0.4, -0.2) is 48.4 Å². The third kappa shape index (κ3) is 5.10. The van der Waals surface area contributed by atoms with Crippen molar-refractivity contribution in [1.82, 2.24) is 15.6 Å². The first kappa shape index (κ1) is 26.1. The van der Waals surface area contributed by atoms with Crippen LogP contribution in [0.4, 0.5) is 9.52 Å². The van der Waals surface area contributed by atoms with Gasteiger partial charge in [0.25, 0.3) is 5.91 Å². The van der Waals surface area contributed by atoms with Crippen molar-refractivity contribution in [1.29, 1.82) is 0 Å². The monoisotopic (exact) mass is 543 g/mol. The lowest BCUT2D eigenvalue weighted by Gasteiger charge is -2.36. The lowest BCUT2D eigenvalue weighted by molar-refractivity contribution is -0.135. The molecule has 3 aromatic carbocycles. The lowest BCUT2D eigenvalue weighted by atomic mass is 9.77. The molecular formula is C29H26FN5O3S. The Balaban J connectivity index is 1.53. The van der Waals surface area contributed by atoms with E-state index in [4.69, 9.17) is 4.84 Å². The molecular weight excluding hydrogens is 517 g/mol. The number of amides is 2. The second kappa shape index (κ2) is 11.4. The Morgan fingerprint density at radius 2 is 1.54 bits per heavy atom. The maximum atomic E-state index is 13.1. The molecule has 1 saturated heterocycles. The minimum atomic E-state index is -0.984. The Bertz CT molecular complexity index is 1370. The third-order valence-corrected chi connectivity index (χ3v) is 7.28. The number of carbonyl (C=O) groups is 2. The number of hydrogen-bond acceptors (Lipinski definition) is 7. The number of alkyl halides is 1. The minimum Gasteiger partial charge on any atom is -0.398 e. The third-order valence-electron chi connectivity index (χ3n) is 6.52. The molecule has 2 unspecified atom stereocenters. The lowest BCUT2D eigenvalue weighted by Crippen LogP contribution is -2.70. The molecule has 0 bridgehead atoms. The van der Waals surface area contributed by atoms with Crippen molar-refractivity contribution < 1.29 is 18.8 Å². The van der Waals surface area contributed by atoms with Crippen LogP contribution in [0.2, 0.25) is 0 Å². The molecule has 2 heterocycles. The average molecular weight is 544 g/mol. The van der Waals surface area contributed by atoms with Crippen molar-refractivity contribution in [3.63, 3.8) is 0 Å². The number of benzene rings is 3. The first-order valence-electron chi connectivity index (χ1n) is 12.3. The number of rotatable bonds is 10. The van der Waals surface area contributed by atoms with Gasteiger partial charge < -0.3 is 20.8 Å². The summed E-state index contributed by atoms with van der Waals surface area (Å²) in [6.07, 6.45) is 0. The largest absolute Gasteiger partial charge is 0.398 e. The van der Waals surface area contributed by atoms with Gasteiger partial charge in [-0.15, -0.1) is 11.3 Å². The predicted molar refractivity (Wildman–Crippen MR) is 148 cm³/mol. The predicted octanol–water partition coefficient (Wildman–Crippen LogP) is 3.85. The van der Waals surface area contributed by atoms with Crippen molar-refractivity contribution in [3.8, 4) is 0 Å². The summed E-state index contributed by atoms with van der Waals surface area (Å²) in [6.45, 7) is -0.793. The standard InChI is InChI=1S/C29H26FN5O3S/c1-38-35-25(27(37)33-24-22(17-30)31-26(24)36)23-18-39-28(32-23)34-29(19-11-5-2-6-12-19,20-13-7-3-8-14-20)21-15-9-4-10-16-21/h2-16,18,22,24H,17H2,1H3,(H,31,36)(H,32,34)(H,33,37)/b35-25+. The summed E-state index contributed by atoms with van der Waals surface area (Å²) in [6, 6.07) is 28.4. The number of nitrogens with one attached hydrogen (secondary N) is 3. The van der Waals surface area contributed by atoms with E-state index in [1.807, 2.05) is 54.6 Å². The van der Waals surface area contributed by atoms with Gasteiger partial charge in [-0.1, -0.05) is 96.2 Å². The van der Waals surface area contributed by atoms with Gasteiger partial charge in [-0.25, -0.2) is 9.37 Å². The van der Waals surface area contributed by atoms with Crippen molar-refractivity contribution in [2.24, 2.45) is 5.16 Å². The van der Waals surface area contributed by atoms with Gasteiger partial charge in [0, 0.05) is 5.38 Å². The molecule has 0 saturated carbocycles. The van der Waals surface area contributed by atoms with Crippen LogP contribution in [0.3, 0.4) is 0 Å². The van der Waals surface area contributed by atoms with Crippen LogP contribution in [0.5, 0.6) is 0 Å². The highest BCUT2D eigenvalue weighted by molar-refractivity contribution is 7.14. The number of thiazole rings is 1. The molecule has 0 aliphatic carbocycles. The van der Waals surface area contributed by atoms with E-state index in [1.54, 1.807) is 5.38 Å². The summed E-state index contributed by atoms with van der Waals surface area (Å²) < 4.78 is 13.1. The molecule has 5 rings (SSSR count). The molecule has 1 aromatic heterocycles. The van der Waals surface area contributed by atoms with Crippen LogP contribution in [0.25, 0.3) is 0 Å². The normalized spacial score (nSPS) is 17.1. The van der Waals surface area contributed by atoms with Crippen molar-refractivity contribution in [2.45, 2.75) is 17.6 Å². The van der Waals surface area contributed by atoms with Gasteiger partial charge >= 0.3 is 0 Å². The fourth-order valence-corrected chi connectivity index (χ4v) is 5.37. The summed E-state index contributed by atoms with van der Waals surface area (Å²) in [7, 11) is 1.31. The smallest absolute Gasteiger partial charge is 0.276 e. The topological polar surface area (TPSA) is 105 Å². The molecule has 8 nitrogen and oxygen atoms in total. The van der Waals surface area contributed by atoms with E-state index < -0.39 is 36.1 Å². The van der Waals surface area contributed by atoms with Crippen LogP contribution in [-0.2, 0) is 20.0 Å². The fraction of sp³-hybridized carbons (Fsp3) is 0.172. The quantitative estimate of drug-likeness (QED) is 0.122. The van der Waals surface area contributed by atoms with E-state index in [1.165, 1.54) is 18.4 Å². The summed E-state index contributed by atoms with van der Waals surface area (Å²) in [5.41, 5.74) is 2.31. The average Bonchev–Trinajstić information content (AvgIpc) is 3.45. The number of aromatic nitrogens is 1. The highest BCUT2D eigenvalue weighted by Crippen LogP contribution is 2.40. The van der Waals surface area contributed by atoms with Gasteiger partial charge in [0.05, 0.1) is 6.04 Å². The summed E-state index contributed by atoms with van der Waals surface area (Å²) >= 11 is 1.30. The fourth-order valence-electron chi connectivity index (χ4n) is 4.62. The van der Waals surface area contributed by atoms with E-state index in [2.05, 4.69) is 62.5 Å². The van der Waals surface area contributed by atoms with E-state index in [-0.39, 0.29) is 11.4 Å². The van der Waals surface area contributed by atoms with Gasteiger partial charge in [-0.3, -0.25) is 9.59 Å². The Morgan fingerprint density at radius 1 is 1.00 bits per heavy atom. The molecule has 1 aliphatic heterocycles. The van der Waals surface area contributed by atoms with Gasteiger partial charge in [0.2, 0.25) is 5.91 Å². The SMILES string of the molecule is CO/N=C(/C(=O)NC1C(=O)NC1CF)c1csc(NC(c2ccccc2)(c2ccccc2)c2ccccc2)n1. The van der Waals surface area contributed by atoms with E-state index in [9.17, 15) is 14.0 Å². The number of anilines is 1. The van der Waals surface area contributed by atoms with Crippen molar-refractivity contribution in [2.75, 3.05) is 19.1 Å². The highest BCUT2D eigenvalue weighted by Gasteiger charge is 2.41. The molecule has 4 aromatic rings.